The van der Waals surface area contributed by atoms with E-state index in [4.69, 9.17) is 9.47 Å². The predicted octanol–water partition coefficient (Wildman–Crippen LogP) is 3.55. The number of ether oxygens (including phenoxy) is 2. The highest BCUT2D eigenvalue weighted by Crippen LogP contribution is 2.10. The van der Waals surface area contributed by atoms with Gasteiger partial charge in [0.2, 0.25) is 0 Å². The van der Waals surface area contributed by atoms with Crippen LogP contribution < -0.4 is 5.32 Å². The monoisotopic (exact) mass is 383 g/mol. The minimum Gasteiger partial charge on any atom is -0.454 e. The number of carbonyl (C=O) groups excluding carboxylic acids is 3. The molecule has 0 fully saturated rings. The van der Waals surface area contributed by atoms with Gasteiger partial charge in [-0.2, -0.15) is 0 Å². The van der Waals surface area contributed by atoms with E-state index in [0.29, 0.717) is 5.56 Å². The smallest absolute Gasteiger partial charge is 0.408 e. The summed E-state index contributed by atoms with van der Waals surface area (Å²) >= 11 is 0. The highest BCUT2D eigenvalue weighted by molar-refractivity contribution is 5.93. The second-order valence-electron chi connectivity index (χ2n) is 7.30. The van der Waals surface area contributed by atoms with E-state index < -0.39 is 36.1 Å². The molecule has 6 nitrogen and oxygen atoms in total. The molecule has 28 heavy (non-hydrogen) atoms. The Kier molecular flexibility index (Phi) is 7.32. The highest BCUT2D eigenvalue weighted by Gasteiger charge is 2.25. The Morgan fingerprint density at radius 3 is 2.07 bits per heavy atom. The van der Waals surface area contributed by atoms with Crippen LogP contribution >= 0.6 is 0 Å². The van der Waals surface area contributed by atoms with Gasteiger partial charge in [0.05, 0.1) is 11.6 Å². The van der Waals surface area contributed by atoms with Gasteiger partial charge >= 0.3 is 12.1 Å². The molecule has 1 atom stereocenters. The van der Waals surface area contributed by atoms with Crippen molar-refractivity contribution in [3.63, 3.8) is 0 Å². The summed E-state index contributed by atoms with van der Waals surface area (Å²) in [7, 11) is 0. The first kappa shape index (κ1) is 21.2. The van der Waals surface area contributed by atoms with Crippen LogP contribution in [0.1, 0.15) is 36.7 Å². The number of hydrogen-bond acceptors (Lipinski definition) is 5. The summed E-state index contributed by atoms with van der Waals surface area (Å²) < 4.78 is 10.4. The molecular weight excluding hydrogens is 358 g/mol. The first-order valence-corrected chi connectivity index (χ1v) is 9.03. The molecule has 0 heterocycles. The molecule has 1 N–H and O–H groups in total. The van der Waals surface area contributed by atoms with Gasteiger partial charge in [0.25, 0.3) is 0 Å². The van der Waals surface area contributed by atoms with Gasteiger partial charge < -0.3 is 14.8 Å². The van der Waals surface area contributed by atoms with E-state index in [9.17, 15) is 14.4 Å². The third-order valence-corrected chi connectivity index (χ3v) is 3.72. The first-order valence-electron chi connectivity index (χ1n) is 9.03. The lowest BCUT2D eigenvalue weighted by Gasteiger charge is -2.23. The average Bonchev–Trinajstić information content (AvgIpc) is 2.65. The van der Waals surface area contributed by atoms with Crippen molar-refractivity contribution in [3.8, 4) is 0 Å². The third kappa shape index (κ3) is 7.23. The molecule has 0 aliphatic carbocycles. The van der Waals surface area contributed by atoms with Gasteiger partial charge in [-0.1, -0.05) is 48.5 Å². The zero-order valence-corrected chi connectivity index (χ0v) is 16.3. The maximum absolute atomic E-state index is 12.6. The topological polar surface area (TPSA) is 81.7 Å². The second-order valence-corrected chi connectivity index (χ2v) is 7.30. The van der Waals surface area contributed by atoms with Crippen LogP contribution in [0.3, 0.4) is 0 Å². The Morgan fingerprint density at radius 2 is 1.50 bits per heavy atom. The molecule has 0 unspecified atom stereocenters. The fourth-order valence-electron chi connectivity index (χ4n) is 2.44. The van der Waals surface area contributed by atoms with Crippen LogP contribution in [0.25, 0.3) is 0 Å². The van der Waals surface area contributed by atoms with Crippen molar-refractivity contribution in [2.24, 2.45) is 0 Å². The molecule has 2 aromatic carbocycles. The molecule has 6 heteroatoms. The van der Waals surface area contributed by atoms with Crippen molar-refractivity contribution in [1.82, 2.24) is 5.32 Å². The van der Waals surface area contributed by atoms with E-state index in [2.05, 4.69) is 5.32 Å². The molecule has 0 aliphatic heterocycles. The van der Waals surface area contributed by atoms with Crippen LogP contribution in [-0.2, 0) is 20.7 Å². The molecule has 0 saturated heterocycles. The molecule has 148 valence electrons. The van der Waals surface area contributed by atoms with Crippen LogP contribution in [0.15, 0.2) is 60.7 Å². The number of carbonyl (C=O) groups is 3. The fraction of sp³-hybridized carbons (Fsp3) is 0.318. The Labute approximate surface area is 164 Å². The predicted molar refractivity (Wildman–Crippen MR) is 105 cm³/mol. The van der Waals surface area contributed by atoms with Crippen LogP contribution in [0.5, 0.6) is 0 Å². The lowest BCUT2D eigenvalue weighted by atomic mass is 10.0. The molecule has 0 radical (unpaired) electrons. The van der Waals surface area contributed by atoms with Crippen LogP contribution in [0, 0.1) is 0 Å². The van der Waals surface area contributed by atoms with Crippen molar-refractivity contribution in [2.75, 3.05) is 6.61 Å². The van der Waals surface area contributed by atoms with E-state index >= 15 is 0 Å². The molecule has 0 aromatic heterocycles. The molecule has 2 aromatic rings. The van der Waals surface area contributed by atoms with Crippen LogP contribution in [-0.4, -0.2) is 36.1 Å². The van der Waals surface area contributed by atoms with Gasteiger partial charge in [-0.25, -0.2) is 9.59 Å². The summed E-state index contributed by atoms with van der Waals surface area (Å²) in [6, 6.07) is 16.8. The number of ketones is 1. The van der Waals surface area contributed by atoms with Crippen molar-refractivity contribution >= 4 is 17.8 Å². The Morgan fingerprint density at radius 1 is 0.929 bits per heavy atom. The van der Waals surface area contributed by atoms with Crippen molar-refractivity contribution in [3.05, 3.63) is 71.8 Å². The number of nitrogens with one attached hydrogen (secondary N) is 1. The summed E-state index contributed by atoms with van der Waals surface area (Å²) in [5.74, 6) is -1.01. The number of esters is 1. The van der Waals surface area contributed by atoms with Gasteiger partial charge in [0.1, 0.15) is 5.60 Å². The van der Waals surface area contributed by atoms with Crippen LogP contribution in [0.4, 0.5) is 4.79 Å². The van der Waals surface area contributed by atoms with Gasteiger partial charge in [-0.15, -0.1) is 0 Å². The molecule has 0 spiro atoms. The van der Waals surface area contributed by atoms with Gasteiger partial charge in [0.15, 0.2) is 12.4 Å². The lowest BCUT2D eigenvalue weighted by molar-refractivity contribution is -0.124. The Bertz CT molecular complexity index is 797. The van der Waals surface area contributed by atoms with E-state index in [1.54, 1.807) is 51.1 Å². The third-order valence-electron chi connectivity index (χ3n) is 3.72. The second kappa shape index (κ2) is 9.69. The van der Waals surface area contributed by atoms with Crippen molar-refractivity contribution in [2.45, 2.75) is 38.8 Å². The average molecular weight is 383 g/mol. The number of alkyl carbamates (subject to hydrolysis) is 1. The minimum absolute atomic E-state index is 0.266. The van der Waals surface area contributed by atoms with Gasteiger partial charge in [-0.3, -0.25) is 4.79 Å². The summed E-state index contributed by atoms with van der Waals surface area (Å²) in [5, 5.41) is 2.58. The Hall–Kier alpha value is -3.15. The number of rotatable bonds is 7. The highest BCUT2D eigenvalue weighted by atomic mass is 16.6. The largest absolute Gasteiger partial charge is 0.454 e. The summed E-state index contributed by atoms with van der Waals surface area (Å²) in [6.45, 7) is 4.77. The molecule has 0 saturated carbocycles. The maximum Gasteiger partial charge on any atom is 0.408 e. The number of amides is 1. The quantitative estimate of drug-likeness (QED) is 0.740. The van der Waals surface area contributed by atoms with E-state index in [0.717, 1.165) is 5.56 Å². The summed E-state index contributed by atoms with van der Waals surface area (Å²) in [5.41, 5.74) is 0.533. The molecule has 2 rings (SSSR count). The lowest BCUT2D eigenvalue weighted by Crippen LogP contribution is -2.46. The number of benzene rings is 2. The Balaban J connectivity index is 2.03. The summed E-state index contributed by atoms with van der Waals surface area (Å²) in [6.07, 6.45) is -0.432. The number of Topliss-reactive ketones (excluding diaryl/α,β-unsaturated/α-hetero) is 1. The van der Waals surface area contributed by atoms with E-state index in [-0.39, 0.29) is 6.42 Å². The van der Waals surface area contributed by atoms with Gasteiger partial charge in [-0.05, 0) is 38.5 Å². The van der Waals surface area contributed by atoms with Crippen molar-refractivity contribution in [1.29, 1.82) is 0 Å². The SMILES string of the molecule is CC(C)(C)OC(=O)N[C@@H](Cc1ccccc1)C(=O)COC(=O)c1ccccc1. The van der Waals surface area contributed by atoms with Crippen molar-refractivity contribution < 1.29 is 23.9 Å². The number of hydrogen-bond donors (Lipinski definition) is 1. The zero-order valence-electron chi connectivity index (χ0n) is 16.3. The van der Waals surface area contributed by atoms with E-state index in [1.165, 1.54) is 0 Å². The van der Waals surface area contributed by atoms with Gasteiger partial charge in [0, 0.05) is 6.42 Å². The molecule has 0 bridgehead atoms. The maximum atomic E-state index is 12.6. The minimum atomic E-state index is -0.874. The normalized spacial score (nSPS) is 12.0. The molecular formula is C22H25NO5. The molecule has 0 aliphatic rings. The zero-order chi connectivity index (χ0) is 20.6. The summed E-state index contributed by atoms with van der Waals surface area (Å²) in [4.78, 5) is 36.8. The molecule has 1 amide bonds. The first-order chi connectivity index (χ1) is 13.2. The standard InChI is InChI=1S/C22H25NO5/c1-22(2,3)28-21(26)23-18(14-16-10-6-4-7-11-16)19(24)15-27-20(25)17-12-8-5-9-13-17/h4-13,18H,14-15H2,1-3H3,(H,23,26)/t18-/m0/s1. The van der Waals surface area contributed by atoms with E-state index in [1.807, 2.05) is 30.3 Å². The fourth-order valence-corrected chi connectivity index (χ4v) is 2.44. The van der Waals surface area contributed by atoms with Crippen LogP contribution in [0.2, 0.25) is 0 Å².